The average Bonchev–Trinajstić information content (AvgIpc) is 2.17. The highest BCUT2D eigenvalue weighted by atomic mass is 16.5. The zero-order valence-corrected chi connectivity index (χ0v) is 10.3. The van der Waals surface area contributed by atoms with Gasteiger partial charge in [0.15, 0.2) is 0 Å². The lowest BCUT2D eigenvalue weighted by Gasteiger charge is -2.26. The summed E-state index contributed by atoms with van der Waals surface area (Å²) in [7, 11) is 0. The van der Waals surface area contributed by atoms with Gasteiger partial charge in [-0.2, -0.15) is 0 Å². The van der Waals surface area contributed by atoms with Crippen molar-refractivity contribution in [2.24, 2.45) is 5.92 Å². The van der Waals surface area contributed by atoms with Gasteiger partial charge in [0.2, 0.25) is 0 Å². The Morgan fingerprint density at radius 2 is 2.12 bits per heavy atom. The van der Waals surface area contributed by atoms with Crippen LogP contribution < -0.4 is 4.74 Å². The van der Waals surface area contributed by atoms with Gasteiger partial charge in [-0.3, -0.25) is 0 Å². The Labute approximate surface area is 101 Å². The fraction of sp³-hybridized carbons (Fsp3) is 0.500. The fourth-order valence-electron chi connectivity index (χ4n) is 2.17. The van der Waals surface area contributed by atoms with Crippen LogP contribution in [0.3, 0.4) is 0 Å². The zero-order chi connectivity index (χ0) is 12.4. The van der Waals surface area contributed by atoms with Crippen LogP contribution in [-0.4, -0.2) is 17.7 Å². The maximum absolute atomic E-state index is 11.2. The molecule has 17 heavy (non-hydrogen) atoms. The van der Waals surface area contributed by atoms with E-state index in [2.05, 4.69) is 0 Å². The SMILES string of the molecule is Cc1cc(C)c(OCC2CCC2)c(C(=O)O)c1. The zero-order valence-electron chi connectivity index (χ0n) is 10.3. The van der Waals surface area contributed by atoms with Gasteiger partial charge in [0, 0.05) is 0 Å². The third-order valence-corrected chi connectivity index (χ3v) is 3.34. The fourth-order valence-corrected chi connectivity index (χ4v) is 2.17. The molecule has 1 aliphatic rings. The summed E-state index contributed by atoms with van der Waals surface area (Å²) in [5.41, 5.74) is 2.14. The maximum atomic E-state index is 11.2. The lowest BCUT2D eigenvalue weighted by atomic mass is 9.86. The molecule has 3 nitrogen and oxygen atoms in total. The van der Waals surface area contributed by atoms with Crippen LogP contribution in [0.4, 0.5) is 0 Å². The lowest BCUT2D eigenvalue weighted by molar-refractivity contribution is 0.0689. The van der Waals surface area contributed by atoms with E-state index in [-0.39, 0.29) is 5.56 Å². The second kappa shape index (κ2) is 4.78. The number of carboxylic acid groups (broad SMARTS) is 1. The Morgan fingerprint density at radius 3 is 2.65 bits per heavy atom. The van der Waals surface area contributed by atoms with Gasteiger partial charge in [-0.05, 0) is 49.8 Å². The van der Waals surface area contributed by atoms with Gasteiger partial charge < -0.3 is 9.84 Å². The summed E-state index contributed by atoms with van der Waals surface area (Å²) in [6.07, 6.45) is 3.67. The highest BCUT2D eigenvalue weighted by Crippen LogP contribution is 2.30. The standard InChI is InChI=1S/C14H18O3/c1-9-6-10(2)13(12(7-9)14(15)16)17-8-11-4-3-5-11/h6-7,11H,3-5,8H2,1-2H3,(H,15,16). The number of aromatic carboxylic acids is 1. The number of carbonyl (C=O) groups is 1. The van der Waals surface area contributed by atoms with E-state index in [0.717, 1.165) is 11.1 Å². The van der Waals surface area contributed by atoms with Gasteiger partial charge in [0.05, 0.1) is 6.61 Å². The first kappa shape index (κ1) is 12.0. The number of aryl methyl sites for hydroxylation is 2. The van der Waals surface area contributed by atoms with Crippen molar-refractivity contribution >= 4 is 5.97 Å². The molecule has 0 saturated heterocycles. The summed E-state index contributed by atoms with van der Waals surface area (Å²) in [6, 6.07) is 3.63. The molecule has 0 radical (unpaired) electrons. The van der Waals surface area contributed by atoms with Crippen LogP contribution in [0.15, 0.2) is 12.1 Å². The first-order chi connectivity index (χ1) is 8.08. The highest BCUT2D eigenvalue weighted by molar-refractivity contribution is 5.91. The van der Waals surface area contributed by atoms with Gasteiger partial charge in [-0.25, -0.2) is 4.79 Å². The number of benzene rings is 1. The summed E-state index contributed by atoms with van der Waals surface area (Å²) < 4.78 is 5.71. The van der Waals surface area contributed by atoms with E-state index in [9.17, 15) is 9.90 Å². The molecule has 0 spiro atoms. The van der Waals surface area contributed by atoms with Crippen molar-refractivity contribution in [2.45, 2.75) is 33.1 Å². The van der Waals surface area contributed by atoms with Crippen molar-refractivity contribution < 1.29 is 14.6 Å². The lowest BCUT2D eigenvalue weighted by Crippen LogP contribution is -2.20. The minimum absolute atomic E-state index is 0.279. The molecule has 0 aliphatic heterocycles. The summed E-state index contributed by atoms with van der Waals surface area (Å²) in [5.74, 6) is 0.229. The van der Waals surface area contributed by atoms with Crippen LogP contribution in [0.1, 0.15) is 40.7 Å². The molecule has 0 atom stereocenters. The molecule has 92 valence electrons. The first-order valence-corrected chi connectivity index (χ1v) is 6.05. The van der Waals surface area contributed by atoms with Crippen molar-refractivity contribution in [3.8, 4) is 5.75 Å². The highest BCUT2D eigenvalue weighted by Gasteiger charge is 2.20. The molecule has 1 aliphatic carbocycles. The largest absolute Gasteiger partial charge is 0.492 e. The predicted molar refractivity (Wildman–Crippen MR) is 65.7 cm³/mol. The number of rotatable bonds is 4. The molecule has 1 N–H and O–H groups in total. The van der Waals surface area contributed by atoms with Crippen LogP contribution in [0, 0.1) is 19.8 Å². The van der Waals surface area contributed by atoms with E-state index >= 15 is 0 Å². The van der Waals surface area contributed by atoms with Crippen LogP contribution in [0.5, 0.6) is 5.75 Å². The van der Waals surface area contributed by atoms with Gasteiger partial charge in [0.1, 0.15) is 11.3 Å². The summed E-state index contributed by atoms with van der Waals surface area (Å²) in [6.45, 7) is 4.44. The third-order valence-electron chi connectivity index (χ3n) is 3.34. The van der Waals surface area contributed by atoms with Gasteiger partial charge >= 0.3 is 5.97 Å². The summed E-state index contributed by atoms with van der Waals surface area (Å²) in [5, 5.41) is 9.17. The molecular formula is C14H18O3. The third kappa shape index (κ3) is 2.60. The number of hydrogen-bond donors (Lipinski definition) is 1. The van der Waals surface area contributed by atoms with Gasteiger partial charge in [-0.15, -0.1) is 0 Å². The van der Waals surface area contributed by atoms with E-state index in [0.29, 0.717) is 18.3 Å². The molecule has 0 heterocycles. The quantitative estimate of drug-likeness (QED) is 0.870. The normalized spacial score (nSPS) is 15.4. The van der Waals surface area contributed by atoms with Crippen LogP contribution in [-0.2, 0) is 0 Å². The smallest absolute Gasteiger partial charge is 0.339 e. The Morgan fingerprint density at radius 1 is 1.41 bits per heavy atom. The van der Waals surface area contributed by atoms with E-state index < -0.39 is 5.97 Å². The summed E-state index contributed by atoms with van der Waals surface area (Å²) in [4.78, 5) is 11.2. The Hall–Kier alpha value is -1.51. The molecule has 0 aromatic heterocycles. The van der Waals surface area contributed by atoms with Crippen molar-refractivity contribution in [3.05, 3.63) is 28.8 Å². The molecular weight excluding hydrogens is 216 g/mol. The Kier molecular flexibility index (Phi) is 3.36. The molecule has 1 fully saturated rings. The van der Waals surface area contributed by atoms with Crippen molar-refractivity contribution in [3.63, 3.8) is 0 Å². The molecule has 0 amide bonds. The molecule has 0 unspecified atom stereocenters. The second-order valence-electron chi connectivity index (χ2n) is 4.87. The average molecular weight is 234 g/mol. The minimum atomic E-state index is -0.916. The van der Waals surface area contributed by atoms with Crippen molar-refractivity contribution in [1.29, 1.82) is 0 Å². The number of ether oxygens (including phenoxy) is 1. The summed E-state index contributed by atoms with van der Waals surface area (Å²) >= 11 is 0. The van der Waals surface area contributed by atoms with Crippen LogP contribution in [0.25, 0.3) is 0 Å². The molecule has 1 aromatic carbocycles. The van der Waals surface area contributed by atoms with Crippen molar-refractivity contribution in [1.82, 2.24) is 0 Å². The molecule has 3 heteroatoms. The maximum Gasteiger partial charge on any atom is 0.339 e. The van der Waals surface area contributed by atoms with Gasteiger partial charge in [-0.1, -0.05) is 12.5 Å². The molecule has 1 saturated carbocycles. The monoisotopic (exact) mass is 234 g/mol. The molecule has 0 bridgehead atoms. The predicted octanol–water partition coefficient (Wildman–Crippen LogP) is 3.18. The molecule has 1 aromatic rings. The van der Waals surface area contributed by atoms with E-state index in [1.54, 1.807) is 6.07 Å². The second-order valence-corrected chi connectivity index (χ2v) is 4.87. The van der Waals surface area contributed by atoms with Crippen LogP contribution in [0.2, 0.25) is 0 Å². The Balaban J connectivity index is 2.20. The topological polar surface area (TPSA) is 46.5 Å². The van der Waals surface area contributed by atoms with E-state index in [4.69, 9.17) is 4.74 Å². The molecule has 2 rings (SSSR count). The van der Waals surface area contributed by atoms with Crippen molar-refractivity contribution in [2.75, 3.05) is 6.61 Å². The number of carboxylic acids is 1. The number of hydrogen-bond acceptors (Lipinski definition) is 2. The van der Waals surface area contributed by atoms with Crippen LogP contribution >= 0.6 is 0 Å². The van der Waals surface area contributed by atoms with E-state index in [1.807, 2.05) is 19.9 Å². The van der Waals surface area contributed by atoms with E-state index in [1.165, 1.54) is 19.3 Å². The van der Waals surface area contributed by atoms with Gasteiger partial charge in [0.25, 0.3) is 0 Å². The Bertz CT molecular complexity index is 433. The first-order valence-electron chi connectivity index (χ1n) is 6.05. The minimum Gasteiger partial charge on any atom is -0.492 e.